The van der Waals surface area contributed by atoms with Gasteiger partial charge in [0.2, 0.25) is 5.82 Å². The van der Waals surface area contributed by atoms with Crippen molar-refractivity contribution in [1.29, 1.82) is 0 Å². The van der Waals surface area contributed by atoms with E-state index < -0.39 is 0 Å². The van der Waals surface area contributed by atoms with E-state index >= 15 is 0 Å². The van der Waals surface area contributed by atoms with Crippen LogP contribution in [0.1, 0.15) is 0 Å². The number of likely N-dealkylation sites (N-methyl/N-ethyl adjacent to an activating group) is 1. The molecule has 0 amide bonds. The first-order chi connectivity index (χ1) is 8.33. The molecule has 1 N–H and O–H groups in total. The molecular formula is C11H15N5O. The Morgan fingerprint density at radius 1 is 1.29 bits per heavy atom. The normalized spacial score (nSPS) is 10.5. The lowest BCUT2D eigenvalue weighted by molar-refractivity contribution is 0.415. The van der Waals surface area contributed by atoms with Gasteiger partial charge in [0.05, 0.1) is 13.7 Å². The Morgan fingerprint density at radius 3 is 2.71 bits per heavy atom. The van der Waals surface area contributed by atoms with Crippen LogP contribution in [-0.2, 0) is 6.54 Å². The minimum absolute atomic E-state index is 0.628. The highest BCUT2D eigenvalue weighted by atomic mass is 16.5. The fraction of sp³-hybridized carbons (Fsp3) is 0.364. The number of tetrazole rings is 1. The summed E-state index contributed by atoms with van der Waals surface area (Å²) in [6, 6.07) is 7.59. The summed E-state index contributed by atoms with van der Waals surface area (Å²) in [4.78, 5) is 1.58. The van der Waals surface area contributed by atoms with Crippen molar-refractivity contribution >= 4 is 0 Å². The molecule has 1 aromatic heterocycles. The molecule has 2 rings (SSSR count). The molecule has 0 saturated carbocycles. The summed E-state index contributed by atoms with van der Waals surface area (Å²) in [5.74, 6) is 1.44. The van der Waals surface area contributed by atoms with Gasteiger partial charge in [-0.1, -0.05) is 0 Å². The molecule has 0 saturated heterocycles. The van der Waals surface area contributed by atoms with Crippen LogP contribution in [0.25, 0.3) is 11.4 Å². The van der Waals surface area contributed by atoms with Crippen molar-refractivity contribution in [3.05, 3.63) is 24.3 Å². The molecule has 0 aliphatic carbocycles. The van der Waals surface area contributed by atoms with Gasteiger partial charge in [-0.15, -0.1) is 10.2 Å². The Kier molecular flexibility index (Phi) is 3.66. The van der Waals surface area contributed by atoms with E-state index in [1.807, 2.05) is 31.3 Å². The number of rotatable bonds is 5. The molecular weight excluding hydrogens is 218 g/mol. The van der Waals surface area contributed by atoms with E-state index in [9.17, 15) is 0 Å². The largest absolute Gasteiger partial charge is 0.497 e. The van der Waals surface area contributed by atoms with Gasteiger partial charge in [-0.2, -0.15) is 4.80 Å². The van der Waals surface area contributed by atoms with Crippen LogP contribution in [0.2, 0.25) is 0 Å². The Bertz CT molecular complexity index is 465. The topological polar surface area (TPSA) is 64.9 Å². The van der Waals surface area contributed by atoms with Crippen LogP contribution in [-0.4, -0.2) is 40.9 Å². The minimum Gasteiger partial charge on any atom is -0.497 e. The lowest BCUT2D eigenvalue weighted by atomic mass is 10.2. The molecule has 0 aliphatic heterocycles. The van der Waals surface area contributed by atoms with E-state index in [0.717, 1.165) is 17.9 Å². The van der Waals surface area contributed by atoms with Gasteiger partial charge in [0.25, 0.3) is 0 Å². The second-order valence-corrected chi connectivity index (χ2v) is 3.54. The molecule has 0 unspecified atom stereocenters. The summed E-state index contributed by atoms with van der Waals surface area (Å²) < 4.78 is 5.09. The van der Waals surface area contributed by atoms with Crippen LogP contribution in [0.3, 0.4) is 0 Å². The van der Waals surface area contributed by atoms with E-state index in [4.69, 9.17) is 4.74 Å². The number of hydrogen-bond donors (Lipinski definition) is 1. The van der Waals surface area contributed by atoms with Gasteiger partial charge in [-0.05, 0) is 36.5 Å². The SMILES string of the molecule is CNCCn1nnc(-c2ccc(OC)cc2)n1. The van der Waals surface area contributed by atoms with Gasteiger partial charge in [0.1, 0.15) is 5.75 Å². The van der Waals surface area contributed by atoms with Crippen molar-refractivity contribution < 1.29 is 4.74 Å². The summed E-state index contributed by atoms with van der Waals surface area (Å²) >= 11 is 0. The van der Waals surface area contributed by atoms with Crippen molar-refractivity contribution in [3.63, 3.8) is 0 Å². The number of nitrogens with zero attached hydrogens (tertiary/aromatic N) is 4. The van der Waals surface area contributed by atoms with Gasteiger partial charge in [-0.3, -0.25) is 0 Å². The van der Waals surface area contributed by atoms with E-state index in [-0.39, 0.29) is 0 Å². The number of aromatic nitrogens is 4. The molecule has 17 heavy (non-hydrogen) atoms. The predicted octanol–water partition coefficient (Wildman–Crippen LogP) is 0.568. The molecule has 1 aromatic carbocycles. The highest BCUT2D eigenvalue weighted by Crippen LogP contribution is 2.17. The molecule has 0 aliphatic rings. The van der Waals surface area contributed by atoms with E-state index in [1.165, 1.54) is 0 Å². The first kappa shape index (κ1) is 11.5. The average molecular weight is 233 g/mol. The standard InChI is InChI=1S/C11H15N5O/c1-12-7-8-16-14-11(13-15-16)9-3-5-10(17-2)6-4-9/h3-6,12H,7-8H2,1-2H3. The lowest BCUT2D eigenvalue weighted by Crippen LogP contribution is -2.16. The van der Waals surface area contributed by atoms with E-state index in [2.05, 4.69) is 20.7 Å². The molecule has 0 bridgehead atoms. The maximum Gasteiger partial charge on any atom is 0.204 e. The summed E-state index contributed by atoms with van der Waals surface area (Å²) in [5, 5.41) is 15.3. The third-order valence-corrected chi connectivity index (χ3v) is 2.36. The van der Waals surface area contributed by atoms with E-state index in [0.29, 0.717) is 12.4 Å². The number of nitrogens with one attached hydrogen (secondary N) is 1. The Hall–Kier alpha value is -1.95. The minimum atomic E-state index is 0.628. The number of benzene rings is 1. The molecule has 90 valence electrons. The first-order valence-electron chi connectivity index (χ1n) is 5.40. The number of hydrogen-bond acceptors (Lipinski definition) is 5. The Morgan fingerprint density at radius 2 is 2.06 bits per heavy atom. The van der Waals surface area contributed by atoms with Crippen LogP contribution < -0.4 is 10.1 Å². The highest BCUT2D eigenvalue weighted by molar-refractivity contribution is 5.55. The Balaban J connectivity index is 2.12. The summed E-state index contributed by atoms with van der Waals surface area (Å²) in [6.45, 7) is 1.53. The van der Waals surface area contributed by atoms with Crippen LogP contribution in [0.15, 0.2) is 24.3 Å². The third kappa shape index (κ3) is 2.79. The molecule has 6 heteroatoms. The average Bonchev–Trinajstić information content (AvgIpc) is 2.85. The van der Waals surface area contributed by atoms with Crippen molar-refractivity contribution in [2.75, 3.05) is 20.7 Å². The number of ether oxygens (including phenoxy) is 1. The third-order valence-electron chi connectivity index (χ3n) is 2.36. The van der Waals surface area contributed by atoms with Gasteiger partial charge < -0.3 is 10.1 Å². The van der Waals surface area contributed by atoms with Crippen LogP contribution in [0.4, 0.5) is 0 Å². The second kappa shape index (κ2) is 5.40. The monoisotopic (exact) mass is 233 g/mol. The zero-order chi connectivity index (χ0) is 12.1. The van der Waals surface area contributed by atoms with Crippen molar-refractivity contribution in [2.45, 2.75) is 6.54 Å². The molecule has 6 nitrogen and oxygen atoms in total. The summed E-state index contributed by atoms with van der Waals surface area (Å²) in [5.41, 5.74) is 0.932. The maximum absolute atomic E-state index is 5.09. The zero-order valence-electron chi connectivity index (χ0n) is 9.92. The first-order valence-corrected chi connectivity index (χ1v) is 5.40. The molecule has 0 spiro atoms. The Labute approximate surface area is 99.6 Å². The second-order valence-electron chi connectivity index (χ2n) is 3.54. The van der Waals surface area contributed by atoms with Gasteiger partial charge in [0, 0.05) is 12.1 Å². The van der Waals surface area contributed by atoms with Crippen LogP contribution >= 0.6 is 0 Å². The van der Waals surface area contributed by atoms with Gasteiger partial charge in [0.15, 0.2) is 0 Å². The number of methoxy groups -OCH3 is 1. The predicted molar refractivity (Wildman–Crippen MR) is 63.7 cm³/mol. The fourth-order valence-electron chi connectivity index (χ4n) is 1.41. The van der Waals surface area contributed by atoms with Crippen molar-refractivity contribution in [3.8, 4) is 17.1 Å². The molecule has 0 atom stereocenters. The quantitative estimate of drug-likeness (QED) is 0.817. The highest BCUT2D eigenvalue weighted by Gasteiger charge is 2.05. The smallest absolute Gasteiger partial charge is 0.204 e. The molecule has 1 heterocycles. The van der Waals surface area contributed by atoms with Crippen LogP contribution in [0, 0.1) is 0 Å². The fourth-order valence-corrected chi connectivity index (χ4v) is 1.41. The van der Waals surface area contributed by atoms with Crippen LogP contribution in [0.5, 0.6) is 5.75 Å². The van der Waals surface area contributed by atoms with E-state index in [1.54, 1.807) is 11.9 Å². The van der Waals surface area contributed by atoms with Crippen molar-refractivity contribution in [2.24, 2.45) is 0 Å². The summed E-state index contributed by atoms with van der Waals surface area (Å²) in [7, 11) is 3.53. The molecule has 2 aromatic rings. The van der Waals surface area contributed by atoms with Gasteiger partial charge >= 0.3 is 0 Å². The zero-order valence-corrected chi connectivity index (χ0v) is 9.92. The van der Waals surface area contributed by atoms with Crippen molar-refractivity contribution in [1.82, 2.24) is 25.5 Å². The maximum atomic E-state index is 5.09. The summed E-state index contributed by atoms with van der Waals surface area (Å²) in [6.07, 6.45) is 0. The molecule has 0 radical (unpaired) electrons. The lowest BCUT2D eigenvalue weighted by Gasteiger charge is -1.99. The van der Waals surface area contributed by atoms with Gasteiger partial charge in [-0.25, -0.2) is 0 Å². The molecule has 0 fully saturated rings.